The fourth-order valence-corrected chi connectivity index (χ4v) is 4.05. The molecule has 0 aromatic heterocycles. The summed E-state index contributed by atoms with van der Waals surface area (Å²) in [6.45, 7) is 0.129. The zero-order chi connectivity index (χ0) is 23.6. The Bertz CT molecular complexity index is 1320. The van der Waals surface area contributed by atoms with Gasteiger partial charge >= 0.3 is 0 Å². The van der Waals surface area contributed by atoms with Gasteiger partial charge in [0.2, 0.25) is 16.8 Å². The Morgan fingerprint density at radius 3 is 2.27 bits per heavy atom. The van der Waals surface area contributed by atoms with Gasteiger partial charge in [-0.05, 0) is 48.5 Å². The van der Waals surface area contributed by atoms with Gasteiger partial charge < -0.3 is 20.1 Å². The minimum Gasteiger partial charge on any atom is -0.454 e. The van der Waals surface area contributed by atoms with Gasteiger partial charge in [-0.2, -0.15) is 0 Å². The van der Waals surface area contributed by atoms with E-state index in [-0.39, 0.29) is 22.8 Å². The van der Waals surface area contributed by atoms with Crippen LogP contribution in [0.15, 0.2) is 71.6 Å². The Labute approximate surface area is 191 Å². The lowest BCUT2D eigenvalue weighted by Crippen LogP contribution is -2.22. The van der Waals surface area contributed by atoms with Crippen molar-refractivity contribution in [3.63, 3.8) is 0 Å². The molecule has 9 nitrogen and oxygen atoms in total. The van der Waals surface area contributed by atoms with Crippen molar-refractivity contribution in [3.8, 4) is 11.5 Å². The van der Waals surface area contributed by atoms with E-state index in [1.807, 2.05) is 0 Å². The Balaban J connectivity index is 1.50. The Morgan fingerprint density at radius 2 is 1.55 bits per heavy atom. The van der Waals surface area contributed by atoms with E-state index in [0.29, 0.717) is 22.9 Å². The molecular formula is C23H21N3O6S. The van der Waals surface area contributed by atoms with Crippen LogP contribution in [0.5, 0.6) is 11.5 Å². The molecule has 0 fully saturated rings. The third-order valence-corrected chi connectivity index (χ3v) is 6.77. The predicted octanol–water partition coefficient (Wildman–Crippen LogP) is 3.17. The zero-order valence-corrected chi connectivity index (χ0v) is 18.7. The van der Waals surface area contributed by atoms with Crippen molar-refractivity contribution in [2.24, 2.45) is 0 Å². The minimum atomic E-state index is -3.60. The third kappa shape index (κ3) is 4.66. The number of sulfonamides is 1. The molecule has 1 aliphatic heterocycles. The van der Waals surface area contributed by atoms with E-state index in [0.717, 1.165) is 4.31 Å². The van der Waals surface area contributed by atoms with E-state index >= 15 is 0 Å². The van der Waals surface area contributed by atoms with Crippen molar-refractivity contribution < 1.29 is 27.5 Å². The first-order valence-corrected chi connectivity index (χ1v) is 11.3. The molecule has 4 rings (SSSR count). The molecule has 0 radical (unpaired) electrons. The van der Waals surface area contributed by atoms with E-state index in [2.05, 4.69) is 10.6 Å². The van der Waals surface area contributed by atoms with Crippen LogP contribution in [0.1, 0.15) is 20.7 Å². The molecule has 2 amide bonds. The average Bonchev–Trinajstić information content (AvgIpc) is 3.27. The lowest BCUT2D eigenvalue weighted by molar-refractivity contribution is 0.102. The van der Waals surface area contributed by atoms with Crippen LogP contribution in [-0.2, 0) is 10.0 Å². The summed E-state index contributed by atoms with van der Waals surface area (Å²) in [5.74, 6) is 0.239. The number of para-hydroxylation sites is 1. The van der Waals surface area contributed by atoms with Crippen LogP contribution in [0.2, 0.25) is 0 Å². The van der Waals surface area contributed by atoms with Crippen LogP contribution in [-0.4, -0.2) is 45.4 Å². The van der Waals surface area contributed by atoms with Crippen LogP contribution in [0.4, 0.5) is 11.4 Å². The van der Waals surface area contributed by atoms with Crippen molar-refractivity contribution in [2.75, 3.05) is 31.5 Å². The summed E-state index contributed by atoms with van der Waals surface area (Å²) in [6.07, 6.45) is 0. The highest BCUT2D eigenvalue weighted by Crippen LogP contribution is 2.34. The van der Waals surface area contributed by atoms with E-state index in [4.69, 9.17) is 9.47 Å². The number of nitrogens with zero attached hydrogens (tertiary/aromatic N) is 1. The number of nitrogens with one attached hydrogen (secondary N) is 2. The molecule has 0 aliphatic carbocycles. The van der Waals surface area contributed by atoms with Crippen LogP contribution in [0.3, 0.4) is 0 Å². The standard InChI is InChI=1S/C23H21N3O6S/c1-26(2)33(29,30)17-10-7-15(8-11-17)22(27)25-19-6-4-3-5-18(19)23(28)24-16-9-12-20-21(13-16)32-14-31-20/h3-13H,14H2,1-2H3,(H,24,28)(H,25,27). The molecule has 2 N–H and O–H groups in total. The fourth-order valence-electron chi connectivity index (χ4n) is 3.15. The van der Waals surface area contributed by atoms with Gasteiger partial charge in [-0.1, -0.05) is 12.1 Å². The van der Waals surface area contributed by atoms with Crippen molar-refractivity contribution in [1.29, 1.82) is 0 Å². The monoisotopic (exact) mass is 467 g/mol. The lowest BCUT2D eigenvalue weighted by atomic mass is 10.1. The fraction of sp³-hybridized carbons (Fsp3) is 0.130. The maximum absolute atomic E-state index is 12.9. The number of anilines is 2. The first-order valence-electron chi connectivity index (χ1n) is 9.90. The molecule has 3 aromatic rings. The van der Waals surface area contributed by atoms with Gasteiger partial charge in [0.25, 0.3) is 11.8 Å². The number of carbonyl (C=O) groups excluding carboxylic acids is 2. The maximum Gasteiger partial charge on any atom is 0.257 e. The molecule has 0 spiro atoms. The van der Waals surface area contributed by atoms with Gasteiger partial charge in [0.1, 0.15) is 0 Å². The normalized spacial score (nSPS) is 12.5. The van der Waals surface area contributed by atoms with Crippen molar-refractivity contribution in [1.82, 2.24) is 4.31 Å². The molecule has 3 aromatic carbocycles. The molecule has 0 unspecified atom stereocenters. The smallest absolute Gasteiger partial charge is 0.257 e. The Hall–Kier alpha value is -3.89. The summed E-state index contributed by atoms with van der Waals surface area (Å²) in [5.41, 5.74) is 1.34. The van der Waals surface area contributed by atoms with E-state index in [1.165, 1.54) is 38.4 Å². The van der Waals surface area contributed by atoms with Crippen molar-refractivity contribution in [2.45, 2.75) is 4.90 Å². The first-order chi connectivity index (χ1) is 15.8. The topological polar surface area (TPSA) is 114 Å². The molecule has 0 saturated carbocycles. The number of ether oxygens (including phenoxy) is 2. The third-order valence-electron chi connectivity index (χ3n) is 4.95. The summed E-state index contributed by atoms with van der Waals surface area (Å²) < 4.78 is 36.1. The van der Waals surface area contributed by atoms with E-state index in [9.17, 15) is 18.0 Å². The van der Waals surface area contributed by atoms with Gasteiger partial charge in [0, 0.05) is 31.4 Å². The quantitative estimate of drug-likeness (QED) is 0.576. The predicted molar refractivity (Wildman–Crippen MR) is 122 cm³/mol. The minimum absolute atomic E-state index is 0.0764. The van der Waals surface area contributed by atoms with Gasteiger partial charge in [0.15, 0.2) is 11.5 Å². The molecular weight excluding hydrogens is 446 g/mol. The molecule has 33 heavy (non-hydrogen) atoms. The van der Waals surface area contributed by atoms with Crippen LogP contribution < -0.4 is 20.1 Å². The van der Waals surface area contributed by atoms with Crippen LogP contribution in [0.25, 0.3) is 0 Å². The molecule has 170 valence electrons. The summed E-state index contributed by atoms with van der Waals surface area (Å²) in [7, 11) is -0.734. The summed E-state index contributed by atoms with van der Waals surface area (Å²) in [5, 5.41) is 5.49. The maximum atomic E-state index is 12.9. The van der Waals surface area contributed by atoms with Gasteiger partial charge in [-0.25, -0.2) is 12.7 Å². The number of benzene rings is 3. The number of hydrogen-bond acceptors (Lipinski definition) is 6. The number of carbonyl (C=O) groups is 2. The molecule has 0 bridgehead atoms. The molecule has 10 heteroatoms. The largest absolute Gasteiger partial charge is 0.454 e. The molecule has 0 atom stereocenters. The van der Waals surface area contributed by atoms with Crippen molar-refractivity contribution >= 4 is 33.2 Å². The Kier molecular flexibility index (Phi) is 6.03. The van der Waals surface area contributed by atoms with Gasteiger partial charge in [-0.3, -0.25) is 9.59 Å². The second kappa shape index (κ2) is 8.93. The van der Waals surface area contributed by atoms with Crippen LogP contribution in [0, 0.1) is 0 Å². The Morgan fingerprint density at radius 1 is 0.848 bits per heavy atom. The number of amides is 2. The SMILES string of the molecule is CN(C)S(=O)(=O)c1ccc(C(=O)Nc2ccccc2C(=O)Nc2ccc3c(c2)OCO3)cc1. The van der Waals surface area contributed by atoms with Crippen molar-refractivity contribution in [3.05, 3.63) is 77.9 Å². The highest BCUT2D eigenvalue weighted by molar-refractivity contribution is 7.89. The molecule has 0 saturated heterocycles. The second-order valence-corrected chi connectivity index (χ2v) is 9.49. The first kappa shape index (κ1) is 22.3. The summed E-state index contributed by atoms with van der Waals surface area (Å²) in [4.78, 5) is 25.7. The summed E-state index contributed by atoms with van der Waals surface area (Å²) >= 11 is 0. The second-order valence-electron chi connectivity index (χ2n) is 7.33. The number of fused-ring (bicyclic) bond motifs is 1. The van der Waals surface area contributed by atoms with Gasteiger partial charge in [0.05, 0.1) is 16.1 Å². The van der Waals surface area contributed by atoms with Crippen LogP contribution >= 0.6 is 0 Å². The zero-order valence-electron chi connectivity index (χ0n) is 17.9. The highest BCUT2D eigenvalue weighted by atomic mass is 32.2. The summed E-state index contributed by atoms with van der Waals surface area (Å²) in [6, 6.07) is 17.2. The number of rotatable bonds is 6. The van der Waals surface area contributed by atoms with E-state index in [1.54, 1.807) is 42.5 Å². The lowest BCUT2D eigenvalue weighted by Gasteiger charge is -2.13. The van der Waals surface area contributed by atoms with Gasteiger partial charge in [-0.15, -0.1) is 0 Å². The molecule has 1 heterocycles. The average molecular weight is 468 g/mol. The highest BCUT2D eigenvalue weighted by Gasteiger charge is 2.19. The number of hydrogen-bond donors (Lipinski definition) is 2. The molecule has 1 aliphatic rings. The van der Waals surface area contributed by atoms with E-state index < -0.39 is 21.8 Å².